The predicted octanol–water partition coefficient (Wildman–Crippen LogP) is 1.87. The maximum Gasteiger partial charge on any atom is 0.0948 e. The summed E-state index contributed by atoms with van der Waals surface area (Å²) in [6.45, 7) is 7.93. The second kappa shape index (κ2) is 4.61. The molecule has 0 saturated heterocycles. The molecule has 2 rings (SSSR count). The van der Waals surface area contributed by atoms with E-state index in [1.165, 1.54) is 5.69 Å². The van der Waals surface area contributed by atoms with Crippen LogP contribution in [-0.2, 0) is 20.1 Å². The Kier molecular flexibility index (Phi) is 3.17. The summed E-state index contributed by atoms with van der Waals surface area (Å²) < 4.78 is 4.03. The van der Waals surface area contributed by atoms with E-state index in [1.54, 1.807) is 0 Å². The maximum absolute atomic E-state index is 4.38. The Balaban J connectivity index is 2.12. The Morgan fingerprint density at radius 3 is 2.71 bits per heavy atom. The highest BCUT2D eigenvalue weighted by Gasteiger charge is 2.09. The van der Waals surface area contributed by atoms with Crippen LogP contribution in [0.5, 0.6) is 0 Å². The quantitative estimate of drug-likeness (QED) is 0.877. The van der Waals surface area contributed by atoms with Gasteiger partial charge in [-0.05, 0) is 20.8 Å². The van der Waals surface area contributed by atoms with Crippen LogP contribution in [-0.4, -0.2) is 19.3 Å². The monoisotopic (exact) mass is 233 g/mol. The summed E-state index contributed by atoms with van der Waals surface area (Å²) in [5, 5.41) is 7.82. The minimum absolute atomic E-state index is 0.779. The van der Waals surface area contributed by atoms with Crippen molar-refractivity contribution < 1.29 is 0 Å². The first kappa shape index (κ1) is 11.7. The van der Waals surface area contributed by atoms with Gasteiger partial charge in [0.1, 0.15) is 0 Å². The summed E-state index contributed by atoms with van der Waals surface area (Å²) in [6.07, 6.45) is 3.76. The second-order valence-corrected chi connectivity index (χ2v) is 4.19. The van der Waals surface area contributed by atoms with Gasteiger partial charge < -0.3 is 9.88 Å². The van der Waals surface area contributed by atoms with Crippen molar-refractivity contribution in [2.75, 3.05) is 5.32 Å². The molecule has 0 atom stereocenters. The van der Waals surface area contributed by atoms with Gasteiger partial charge >= 0.3 is 0 Å². The number of anilines is 1. The molecule has 0 spiro atoms. The molecule has 2 heterocycles. The van der Waals surface area contributed by atoms with Crippen molar-refractivity contribution in [2.24, 2.45) is 7.05 Å². The Hall–Kier alpha value is -1.78. The van der Waals surface area contributed by atoms with Crippen LogP contribution in [0.4, 0.5) is 5.69 Å². The van der Waals surface area contributed by atoms with Gasteiger partial charge in [0.25, 0.3) is 0 Å². The summed E-state index contributed by atoms with van der Waals surface area (Å²) in [5.74, 6) is 0. The van der Waals surface area contributed by atoms with E-state index in [-0.39, 0.29) is 0 Å². The SMILES string of the molecule is CCn1cncc1CNc1c(C)nn(C)c1C. The molecule has 0 aliphatic carbocycles. The zero-order chi connectivity index (χ0) is 12.4. The molecule has 0 aliphatic rings. The summed E-state index contributed by atoms with van der Waals surface area (Å²) in [5.41, 5.74) is 4.50. The number of imidazole rings is 1. The fraction of sp³-hybridized carbons (Fsp3) is 0.500. The van der Waals surface area contributed by atoms with Crippen molar-refractivity contribution in [3.8, 4) is 0 Å². The van der Waals surface area contributed by atoms with Crippen LogP contribution < -0.4 is 5.32 Å². The first-order chi connectivity index (χ1) is 8.13. The van der Waals surface area contributed by atoms with Crippen molar-refractivity contribution >= 4 is 5.69 Å². The Morgan fingerprint density at radius 2 is 2.12 bits per heavy atom. The molecular formula is C12H19N5. The van der Waals surface area contributed by atoms with Crippen LogP contribution in [0.15, 0.2) is 12.5 Å². The summed E-state index contributed by atoms with van der Waals surface area (Å²) >= 11 is 0. The fourth-order valence-corrected chi connectivity index (χ4v) is 1.99. The number of aryl methyl sites for hydroxylation is 3. The molecule has 0 fully saturated rings. The van der Waals surface area contributed by atoms with E-state index in [0.29, 0.717) is 0 Å². The Bertz CT molecular complexity index is 509. The van der Waals surface area contributed by atoms with E-state index in [4.69, 9.17) is 0 Å². The molecule has 0 bridgehead atoms. The third kappa shape index (κ3) is 2.18. The van der Waals surface area contributed by atoms with Crippen LogP contribution in [0.25, 0.3) is 0 Å². The third-order valence-corrected chi connectivity index (χ3v) is 3.09. The third-order valence-electron chi connectivity index (χ3n) is 3.09. The van der Waals surface area contributed by atoms with Crippen LogP contribution >= 0.6 is 0 Å². The molecule has 0 aromatic carbocycles. The van der Waals surface area contributed by atoms with Crippen LogP contribution in [0.1, 0.15) is 24.0 Å². The lowest BCUT2D eigenvalue weighted by Gasteiger charge is -2.08. The van der Waals surface area contributed by atoms with Gasteiger partial charge in [-0.3, -0.25) is 4.68 Å². The van der Waals surface area contributed by atoms with Crippen molar-refractivity contribution in [2.45, 2.75) is 33.9 Å². The molecule has 0 radical (unpaired) electrons. The molecule has 0 aliphatic heterocycles. The van der Waals surface area contributed by atoms with Gasteiger partial charge in [-0.25, -0.2) is 4.98 Å². The van der Waals surface area contributed by atoms with Crippen molar-refractivity contribution in [1.82, 2.24) is 19.3 Å². The van der Waals surface area contributed by atoms with E-state index in [2.05, 4.69) is 33.8 Å². The molecule has 17 heavy (non-hydrogen) atoms. The molecular weight excluding hydrogens is 214 g/mol. The zero-order valence-electron chi connectivity index (χ0n) is 10.9. The predicted molar refractivity (Wildman–Crippen MR) is 67.9 cm³/mol. The first-order valence-electron chi connectivity index (χ1n) is 5.86. The van der Waals surface area contributed by atoms with E-state index in [0.717, 1.165) is 30.2 Å². The number of hydrogen-bond donors (Lipinski definition) is 1. The van der Waals surface area contributed by atoms with Crippen LogP contribution in [0.2, 0.25) is 0 Å². The average Bonchev–Trinajstić information content (AvgIpc) is 2.84. The standard InChI is InChI=1S/C12H19N5/c1-5-17-8-13-6-11(17)7-14-12-9(2)15-16(4)10(12)3/h6,8,14H,5,7H2,1-4H3. The molecule has 0 amide bonds. The van der Waals surface area contributed by atoms with Gasteiger partial charge in [-0.15, -0.1) is 0 Å². The maximum atomic E-state index is 4.38. The van der Waals surface area contributed by atoms with Crippen molar-refractivity contribution in [3.05, 3.63) is 29.6 Å². The molecule has 92 valence electrons. The van der Waals surface area contributed by atoms with E-state index in [9.17, 15) is 0 Å². The van der Waals surface area contributed by atoms with Crippen molar-refractivity contribution in [1.29, 1.82) is 0 Å². The lowest BCUT2D eigenvalue weighted by atomic mass is 10.3. The average molecular weight is 233 g/mol. The molecule has 1 N–H and O–H groups in total. The fourth-order valence-electron chi connectivity index (χ4n) is 1.99. The zero-order valence-corrected chi connectivity index (χ0v) is 10.9. The molecule has 2 aromatic heterocycles. The highest BCUT2D eigenvalue weighted by Crippen LogP contribution is 2.19. The molecule has 5 nitrogen and oxygen atoms in total. The van der Waals surface area contributed by atoms with E-state index in [1.807, 2.05) is 31.2 Å². The number of rotatable bonds is 4. The first-order valence-corrected chi connectivity index (χ1v) is 5.86. The van der Waals surface area contributed by atoms with Gasteiger partial charge in [0.2, 0.25) is 0 Å². The minimum atomic E-state index is 0.779. The number of hydrogen-bond acceptors (Lipinski definition) is 3. The Morgan fingerprint density at radius 1 is 1.35 bits per heavy atom. The van der Waals surface area contributed by atoms with Gasteiger partial charge in [0.05, 0.1) is 35.6 Å². The summed E-state index contributed by atoms with van der Waals surface area (Å²) in [4.78, 5) is 4.16. The minimum Gasteiger partial charge on any atom is -0.376 e. The number of nitrogens with zero attached hydrogens (tertiary/aromatic N) is 4. The molecule has 0 saturated carbocycles. The number of nitrogens with one attached hydrogen (secondary N) is 1. The lowest BCUT2D eigenvalue weighted by molar-refractivity contribution is 0.719. The Labute approximate surface area is 101 Å². The second-order valence-electron chi connectivity index (χ2n) is 4.19. The van der Waals surface area contributed by atoms with E-state index < -0.39 is 0 Å². The van der Waals surface area contributed by atoms with Crippen molar-refractivity contribution in [3.63, 3.8) is 0 Å². The molecule has 0 unspecified atom stereocenters. The van der Waals surface area contributed by atoms with Gasteiger partial charge in [0, 0.05) is 19.8 Å². The topological polar surface area (TPSA) is 47.7 Å². The van der Waals surface area contributed by atoms with Gasteiger partial charge in [-0.1, -0.05) is 0 Å². The van der Waals surface area contributed by atoms with Gasteiger partial charge in [0.15, 0.2) is 0 Å². The number of aromatic nitrogens is 4. The normalized spacial score (nSPS) is 10.8. The molecule has 5 heteroatoms. The molecule has 2 aromatic rings. The lowest BCUT2D eigenvalue weighted by Crippen LogP contribution is -2.07. The highest BCUT2D eigenvalue weighted by molar-refractivity contribution is 5.52. The van der Waals surface area contributed by atoms with Crippen LogP contribution in [0.3, 0.4) is 0 Å². The van der Waals surface area contributed by atoms with Gasteiger partial charge in [-0.2, -0.15) is 5.10 Å². The van der Waals surface area contributed by atoms with Crippen LogP contribution in [0, 0.1) is 13.8 Å². The summed E-state index contributed by atoms with van der Waals surface area (Å²) in [6, 6.07) is 0. The largest absolute Gasteiger partial charge is 0.376 e. The van der Waals surface area contributed by atoms with E-state index >= 15 is 0 Å². The highest BCUT2D eigenvalue weighted by atomic mass is 15.3. The smallest absolute Gasteiger partial charge is 0.0948 e. The summed E-state index contributed by atoms with van der Waals surface area (Å²) in [7, 11) is 1.96.